The molecule has 2 aliphatic heterocycles. The quantitative estimate of drug-likeness (QED) is 0.0157. The molecule has 0 aromatic heterocycles. The van der Waals surface area contributed by atoms with Crippen molar-refractivity contribution < 1.29 is 180 Å². The van der Waals surface area contributed by atoms with Gasteiger partial charge in [-0.3, -0.25) is 57.5 Å². The molecule has 9 N–H and O–H groups in total. The molecular weight excluding hydrogens is 1870 g/mol. The molecule has 20 fully saturated rings. The second-order valence-corrected chi connectivity index (χ2v) is 49.6. The van der Waals surface area contributed by atoms with Crippen LogP contribution in [-0.4, -0.2) is 245 Å². The van der Waals surface area contributed by atoms with Crippen LogP contribution in [0.3, 0.4) is 0 Å². The van der Waals surface area contributed by atoms with E-state index in [1.54, 1.807) is 41.5 Å². The summed E-state index contributed by atoms with van der Waals surface area (Å²) in [7, 11) is 0. The monoisotopic (exact) mass is 2030 g/mol. The minimum absolute atomic E-state index is 0.00871. The highest BCUT2D eigenvalue weighted by Gasteiger charge is 2.74. The van der Waals surface area contributed by atoms with Gasteiger partial charge in [0.05, 0.1) is 103 Å². The third-order valence-corrected chi connectivity index (χ3v) is 36.2. The number of hydrogen-bond acceptors (Lipinski definition) is 28. The Morgan fingerprint density at radius 1 is 0.315 bits per heavy atom. The van der Waals surface area contributed by atoms with Crippen LogP contribution in [0.4, 0.5) is 0 Å². The molecule has 2 heterocycles. The highest BCUT2D eigenvalue weighted by molar-refractivity contribution is 5.84. The van der Waals surface area contributed by atoms with Crippen LogP contribution in [-0.2, 0) is 134 Å². The van der Waals surface area contributed by atoms with Crippen molar-refractivity contribution >= 4 is 95.5 Å². The Kier molecular flexibility index (Phi) is 34.7. The van der Waals surface area contributed by atoms with E-state index in [1.165, 1.54) is 6.42 Å². The number of esters is 7. The highest BCUT2D eigenvalue weighted by atomic mass is 16.6. The fraction of sp³-hybridized carbons (Fsp3) is 0.849. The van der Waals surface area contributed by atoms with Gasteiger partial charge in [-0.05, 0) is 291 Å². The Morgan fingerprint density at radius 3 is 1.10 bits per heavy atom. The minimum Gasteiger partial charge on any atom is -0.481 e. The van der Waals surface area contributed by atoms with Crippen LogP contribution >= 0.6 is 0 Å². The summed E-state index contributed by atoms with van der Waals surface area (Å²) in [6, 6.07) is 0. The molecular formula is C106H160O37. The lowest BCUT2D eigenvalue weighted by atomic mass is 9.48. The summed E-state index contributed by atoms with van der Waals surface area (Å²) in [6.45, 7) is 31.8. The average molecular weight is 2030 g/mol. The third kappa shape index (κ3) is 25.7. The van der Waals surface area contributed by atoms with Crippen molar-refractivity contribution in [3.05, 3.63) is 0 Å². The molecule has 18 aliphatic carbocycles. The van der Waals surface area contributed by atoms with Gasteiger partial charge in [0.1, 0.15) is 61.5 Å². The molecule has 20 bridgehead atoms. The number of hydrogen-bond donors (Lipinski definition) is 9. The van der Waals surface area contributed by atoms with Gasteiger partial charge in [-0.2, -0.15) is 0 Å². The second-order valence-electron chi connectivity index (χ2n) is 49.6. The first-order chi connectivity index (χ1) is 66.3. The summed E-state index contributed by atoms with van der Waals surface area (Å²) in [6.07, 6.45) is 20.8. The number of rotatable bonds is 39. The van der Waals surface area contributed by atoms with Crippen LogP contribution in [0.15, 0.2) is 0 Å². The topological polar surface area (TPSA) is 566 Å². The summed E-state index contributed by atoms with van der Waals surface area (Å²) in [5, 5.41) is 84.0. The van der Waals surface area contributed by atoms with Crippen molar-refractivity contribution in [1.82, 2.24) is 0 Å². The second kappa shape index (κ2) is 43.2. The Morgan fingerprint density at radius 2 is 0.699 bits per heavy atom. The fourth-order valence-electron chi connectivity index (χ4n) is 27.9. The van der Waals surface area contributed by atoms with Gasteiger partial charge in [-0.1, -0.05) is 41.5 Å². The van der Waals surface area contributed by atoms with E-state index < -0.39 is 211 Å². The lowest BCUT2D eigenvalue weighted by Gasteiger charge is -2.68. The molecule has 37 nitrogen and oxygen atoms in total. The van der Waals surface area contributed by atoms with Gasteiger partial charge in [0.2, 0.25) is 0 Å². The molecule has 16 unspecified atom stereocenters. The van der Waals surface area contributed by atoms with Crippen molar-refractivity contribution in [3.8, 4) is 0 Å². The van der Waals surface area contributed by atoms with Crippen molar-refractivity contribution in [2.75, 3.05) is 39.6 Å². The Labute approximate surface area is 837 Å². The Bertz CT molecular complexity index is 4610. The predicted molar refractivity (Wildman–Crippen MR) is 504 cm³/mol. The van der Waals surface area contributed by atoms with E-state index in [4.69, 9.17) is 61.9 Å². The lowest BCUT2D eigenvalue weighted by Crippen LogP contribution is -2.74. The number of carboxylic acids is 9. The van der Waals surface area contributed by atoms with Crippen LogP contribution in [0, 0.1) is 120 Å². The van der Waals surface area contributed by atoms with Gasteiger partial charge < -0.3 is 103 Å². The number of carbonyl (C=O) groups is 16. The van der Waals surface area contributed by atoms with Crippen molar-refractivity contribution in [1.29, 1.82) is 0 Å². The van der Waals surface area contributed by atoms with Crippen molar-refractivity contribution in [2.45, 2.75) is 407 Å². The van der Waals surface area contributed by atoms with E-state index in [0.29, 0.717) is 125 Å². The van der Waals surface area contributed by atoms with Crippen LogP contribution in [0.25, 0.3) is 0 Å². The summed E-state index contributed by atoms with van der Waals surface area (Å²) >= 11 is 0. The van der Waals surface area contributed by atoms with E-state index in [2.05, 4.69) is 0 Å². The maximum Gasteiger partial charge on any atom is 0.344 e. The molecule has 20 rings (SSSR count). The van der Waals surface area contributed by atoms with Crippen molar-refractivity contribution in [3.63, 3.8) is 0 Å². The van der Waals surface area contributed by atoms with Gasteiger partial charge in [0, 0.05) is 63.2 Å². The van der Waals surface area contributed by atoms with Gasteiger partial charge in [-0.15, -0.1) is 0 Å². The highest BCUT2D eigenvalue weighted by Crippen LogP contribution is 2.69. The van der Waals surface area contributed by atoms with E-state index >= 15 is 0 Å². The fourth-order valence-corrected chi connectivity index (χ4v) is 27.9. The maximum atomic E-state index is 13.1. The average Bonchev–Trinajstić information content (AvgIpc) is 1.08. The Balaban J connectivity index is 0.000000165. The summed E-state index contributed by atoms with van der Waals surface area (Å²) in [5.74, 6) is -10.8. The first-order valence-electron chi connectivity index (χ1n) is 52.0. The van der Waals surface area contributed by atoms with Gasteiger partial charge in [-0.25, -0.2) is 19.2 Å². The molecule has 20 aliphatic rings. The lowest BCUT2D eigenvalue weighted by molar-refractivity contribution is -0.327. The van der Waals surface area contributed by atoms with Gasteiger partial charge in [0.15, 0.2) is 6.61 Å². The van der Waals surface area contributed by atoms with E-state index in [0.717, 1.165) is 89.9 Å². The molecule has 0 aromatic rings. The molecule has 37 heteroatoms. The molecule has 0 aromatic carbocycles. The molecule has 18 saturated carbocycles. The Hall–Kier alpha value is -8.68. The molecule has 143 heavy (non-hydrogen) atoms. The normalized spacial score (nSPS) is 36.2. The van der Waals surface area contributed by atoms with E-state index in [-0.39, 0.29) is 105 Å². The smallest absolute Gasteiger partial charge is 0.344 e. The predicted octanol–water partition coefficient (Wildman–Crippen LogP) is 15.0. The van der Waals surface area contributed by atoms with Crippen LogP contribution in [0.2, 0.25) is 0 Å². The van der Waals surface area contributed by atoms with Crippen LogP contribution in [0.1, 0.15) is 343 Å². The first kappa shape index (κ1) is 115. The zero-order chi connectivity index (χ0) is 106. The number of carboxylic acid groups (broad SMARTS) is 9. The molecule has 0 radical (unpaired) electrons. The largest absolute Gasteiger partial charge is 0.481 e. The maximum absolute atomic E-state index is 13.1. The SMILES string of the molecule is CCC(C)(C)C(=O)OC12CC3(OCC(=O)O)CC(OCC(=O)O)(CC(OCC(=O)O)(C3)C1)C2.CCC(C)(C)C(=O)OC12CC3CC(CC(C3)C1CC(=O)O)C2.CCC(C)(C)C(=O)OC1CC2CC(C(=O)O)C1O2.CCC(C)(C)C(=O)OC1CC2CC1C(C(=O)O)C2C(=O)O.CCC(C)(C)C(=O)OCC(=O)OC12CC3CC(C1)CC(C(=O)O)(C3)C2.CCC(C)(C)C(=O)OCCOC12CC3CC(C1)CC(C(=O)O)(C3)C2. The summed E-state index contributed by atoms with van der Waals surface area (Å²) < 4.78 is 68.6. The van der Waals surface area contributed by atoms with Crippen LogP contribution < -0.4 is 0 Å². The molecule has 0 amide bonds. The summed E-state index contributed by atoms with van der Waals surface area (Å²) in [4.78, 5) is 189. The number of ether oxygens (including phenoxy) is 12. The number of fused-ring (bicyclic) bond motifs is 4. The zero-order valence-electron chi connectivity index (χ0n) is 87.1. The molecule has 2 saturated heterocycles. The first-order valence-corrected chi connectivity index (χ1v) is 52.0. The number of carbonyl (C=O) groups excluding carboxylic acids is 7. The molecule has 16 atom stereocenters. The van der Waals surface area contributed by atoms with Crippen molar-refractivity contribution in [2.24, 2.45) is 120 Å². The van der Waals surface area contributed by atoms with E-state index in [1.807, 2.05) is 83.1 Å². The minimum atomic E-state index is -1.19. The van der Waals surface area contributed by atoms with Crippen LogP contribution in [0.5, 0.6) is 0 Å². The van der Waals surface area contributed by atoms with E-state index in [9.17, 15) is 118 Å². The molecule has 0 spiro atoms. The number of aliphatic carboxylic acids is 9. The zero-order valence-corrected chi connectivity index (χ0v) is 87.1. The molecule has 806 valence electrons. The third-order valence-electron chi connectivity index (χ3n) is 36.2. The van der Waals surface area contributed by atoms with Gasteiger partial charge in [0.25, 0.3) is 0 Å². The van der Waals surface area contributed by atoms with Gasteiger partial charge >= 0.3 is 95.5 Å². The standard InChI is InChI=1S/C22H32O11.C19H28O6.C19H30O5.C18H28O4.C15H22O6.C13H20O5/c1-4-18(2,3)17(29)33-22-11-19(30-5-14(23)24)8-20(12-22,31-6-15(25)26)10-21(9-19,13-22)32-7-16(27)28;1-4-17(2,3)16(23)24-10-14(20)25-19-8-12-5-13(9-19)7-18(6-12,11-19)15(21)22;1-4-17(2,3)16(22)23-5-6-24-19-10-13-7-14(11-19)9-18(8-13,12-19)15(20)21;1-4-17(2,3)16(21)22-18-9-11-5-12(10-18)7-13(6-11)14(18)8-15(19)20;1-4-15(2,3)14(20)21-9-6-7-5-8(9)11(13(18)19)10(7)12(16)17;1-4-13(2,3)12(16)18-9-6-7-5-8(11(14)15)10(9)17-7/h4-13H2,1-3H3,(H,23,24)(H,25,26)(H,27,28);12-13H,4-11H2,1-3H3,(H,21,22);13-14H,4-12H2,1-3H3,(H,20,21);11-14H,4-10H2,1-3H3,(H,19,20);7-11H,4-6H2,1-3H3,(H,16,17)(H,18,19);7-10H,4-6H2,1-3H3,(H,14,15). The summed E-state index contributed by atoms with van der Waals surface area (Å²) in [5.41, 5.74) is -10.9.